The topological polar surface area (TPSA) is 113 Å². The molecule has 0 bridgehead atoms. The highest BCUT2D eigenvalue weighted by molar-refractivity contribution is 6.31. The van der Waals surface area contributed by atoms with Crippen LogP contribution in [-0.4, -0.2) is 46.1 Å². The summed E-state index contributed by atoms with van der Waals surface area (Å²) in [4.78, 5) is 11.5. The molecule has 26 heavy (non-hydrogen) atoms. The molecule has 3 rings (SSSR count). The van der Waals surface area contributed by atoms with Gasteiger partial charge in [-0.2, -0.15) is 4.98 Å². The van der Waals surface area contributed by atoms with Crippen LogP contribution in [0, 0.1) is 11.2 Å². The van der Waals surface area contributed by atoms with Crippen LogP contribution >= 0.6 is 11.6 Å². The van der Waals surface area contributed by atoms with Crippen molar-refractivity contribution in [2.45, 2.75) is 0 Å². The van der Waals surface area contributed by atoms with Crippen molar-refractivity contribution in [2.75, 3.05) is 30.5 Å². The number of halogens is 2. The number of hydrogen-bond acceptors (Lipinski definition) is 6. The third-order valence-electron chi connectivity index (χ3n) is 3.67. The maximum atomic E-state index is 13.3. The molecule has 0 aliphatic carbocycles. The summed E-state index contributed by atoms with van der Waals surface area (Å²) < 4.78 is 13.3. The van der Waals surface area contributed by atoms with Crippen molar-refractivity contribution in [3.63, 3.8) is 0 Å². The van der Waals surface area contributed by atoms with Crippen LogP contribution in [0.15, 0.2) is 30.5 Å². The summed E-state index contributed by atoms with van der Waals surface area (Å²) in [6.07, 6.45) is 1.50. The van der Waals surface area contributed by atoms with Crippen LogP contribution in [-0.2, 0) is 0 Å². The molecule has 2 aromatic heterocycles. The van der Waals surface area contributed by atoms with E-state index in [4.69, 9.17) is 17.0 Å². The van der Waals surface area contributed by atoms with Gasteiger partial charge in [-0.3, -0.25) is 10.6 Å². The highest BCUT2D eigenvalue weighted by Crippen LogP contribution is 2.24. The van der Waals surface area contributed by atoms with Gasteiger partial charge in [0, 0.05) is 24.8 Å². The number of rotatable bonds is 6. The molecule has 5 N–H and O–H groups in total. The van der Waals surface area contributed by atoms with E-state index in [-0.39, 0.29) is 16.5 Å². The Kier molecular flexibility index (Phi) is 5.31. The number of pyridine rings is 1. The predicted octanol–water partition coefficient (Wildman–Crippen LogP) is 2.60. The molecule has 8 nitrogen and oxygen atoms in total. The summed E-state index contributed by atoms with van der Waals surface area (Å²) >= 11 is 5.74. The smallest absolute Gasteiger partial charge is 0.202 e. The first-order chi connectivity index (χ1) is 12.5. The van der Waals surface area contributed by atoms with Gasteiger partial charge >= 0.3 is 0 Å². The molecule has 0 aliphatic heterocycles. The Balaban J connectivity index is 1.90. The lowest BCUT2D eigenvalue weighted by molar-refractivity contribution is 0.312. The van der Waals surface area contributed by atoms with Crippen molar-refractivity contribution in [3.8, 4) is 0 Å². The molecular weight excluding hydrogens is 361 g/mol. The van der Waals surface area contributed by atoms with Gasteiger partial charge < -0.3 is 15.6 Å². The molecule has 0 saturated carbocycles. The number of imidazole rings is 1. The Morgan fingerprint density at radius 2 is 2.19 bits per heavy atom. The molecule has 3 aromatic rings. The lowest BCUT2D eigenvalue weighted by Gasteiger charge is -2.18. The van der Waals surface area contributed by atoms with E-state index >= 15 is 0 Å². The van der Waals surface area contributed by atoms with Crippen LogP contribution < -0.4 is 15.7 Å². The van der Waals surface area contributed by atoms with Gasteiger partial charge in [0.2, 0.25) is 5.95 Å². The number of hydroxylamine groups is 1. The summed E-state index contributed by atoms with van der Waals surface area (Å²) in [6, 6.07) is 5.26. The van der Waals surface area contributed by atoms with E-state index in [1.807, 2.05) is 7.05 Å². The molecule has 136 valence electrons. The van der Waals surface area contributed by atoms with E-state index in [0.29, 0.717) is 34.3 Å². The summed E-state index contributed by atoms with van der Waals surface area (Å²) in [7, 11) is 1.85. The molecule has 0 radical (unpaired) electrons. The minimum Gasteiger partial charge on any atom is -0.354 e. The van der Waals surface area contributed by atoms with E-state index in [1.54, 1.807) is 6.07 Å². The number of benzene rings is 1. The first-order valence-corrected chi connectivity index (χ1v) is 8.15. The highest BCUT2D eigenvalue weighted by Gasteiger charge is 2.18. The number of anilines is 2. The number of H-pyrrole nitrogens is 1. The average Bonchev–Trinajstić information content (AvgIpc) is 3.06. The van der Waals surface area contributed by atoms with Crippen LogP contribution in [0.5, 0.6) is 0 Å². The van der Waals surface area contributed by atoms with Gasteiger partial charge in [-0.05, 0) is 31.3 Å². The molecule has 0 saturated heterocycles. The molecule has 0 amide bonds. The first-order valence-electron chi connectivity index (χ1n) is 7.77. The normalized spacial score (nSPS) is 10.9. The van der Waals surface area contributed by atoms with Crippen molar-refractivity contribution in [2.24, 2.45) is 0 Å². The highest BCUT2D eigenvalue weighted by atomic mass is 35.5. The van der Waals surface area contributed by atoms with E-state index in [0.717, 1.165) is 12.6 Å². The second-order valence-electron chi connectivity index (χ2n) is 5.43. The zero-order valence-electron chi connectivity index (χ0n) is 13.8. The second-order valence-corrected chi connectivity index (χ2v) is 5.84. The van der Waals surface area contributed by atoms with Gasteiger partial charge in [0.15, 0.2) is 11.5 Å². The summed E-state index contributed by atoms with van der Waals surface area (Å²) in [5.41, 5.74) is 1.45. The molecular formula is C16H17ClFN7O. The van der Waals surface area contributed by atoms with E-state index in [1.165, 1.54) is 18.3 Å². The van der Waals surface area contributed by atoms with Crippen molar-refractivity contribution >= 4 is 40.2 Å². The Hall–Kier alpha value is -2.75. The van der Waals surface area contributed by atoms with Gasteiger partial charge in [0.05, 0.1) is 16.2 Å². The largest absolute Gasteiger partial charge is 0.354 e. The number of likely N-dealkylation sites (N-methyl/N-ethyl adjacent to an activating group) is 1. The quantitative estimate of drug-likeness (QED) is 0.195. The number of aromatic amines is 1. The lowest BCUT2D eigenvalue weighted by Crippen LogP contribution is -2.27. The molecule has 1 aromatic carbocycles. The Bertz CT molecular complexity index is 945. The number of nitrogens with one attached hydrogen (secondary N) is 4. The first kappa shape index (κ1) is 18.1. The third-order valence-corrected chi connectivity index (χ3v) is 3.96. The number of nitrogens with zero attached hydrogens (tertiary/aromatic N) is 3. The number of hydrogen-bond donors (Lipinski definition) is 5. The van der Waals surface area contributed by atoms with Gasteiger partial charge in [-0.25, -0.2) is 14.4 Å². The minimum absolute atomic E-state index is 0.146. The van der Waals surface area contributed by atoms with Gasteiger partial charge in [0.25, 0.3) is 0 Å². The van der Waals surface area contributed by atoms with Crippen molar-refractivity contribution < 1.29 is 9.60 Å². The summed E-state index contributed by atoms with van der Waals surface area (Å²) in [5.74, 6) is -0.324. The number of fused-ring (bicyclic) bond motifs is 1. The standard InChI is InChI=1S/C16H17ClFN7O/c1-20-6-7-22-16-23-13-10(4-5-21-15(13)24-16)14(19)25(26)9-2-3-12(18)11(17)8-9/h2-5,8,19-20,26H,6-7H2,1H3,(H2,21,22,23,24). The van der Waals surface area contributed by atoms with E-state index < -0.39 is 5.82 Å². The predicted molar refractivity (Wildman–Crippen MR) is 98.8 cm³/mol. The van der Waals surface area contributed by atoms with Crippen LogP contribution in [0.1, 0.15) is 5.56 Å². The van der Waals surface area contributed by atoms with Crippen LogP contribution in [0.4, 0.5) is 16.0 Å². The SMILES string of the molecule is CNCCNc1nc2nccc(C(=N)N(O)c3ccc(F)c(Cl)c3)c2[nH]1. The fourth-order valence-corrected chi connectivity index (χ4v) is 2.53. The molecule has 10 heteroatoms. The fraction of sp³-hybridized carbons (Fsp3) is 0.188. The second kappa shape index (κ2) is 7.65. The van der Waals surface area contributed by atoms with E-state index in [2.05, 4.69) is 25.6 Å². The van der Waals surface area contributed by atoms with Gasteiger partial charge in [-0.1, -0.05) is 11.6 Å². The molecule has 0 atom stereocenters. The maximum Gasteiger partial charge on any atom is 0.202 e. The maximum absolute atomic E-state index is 13.3. The fourth-order valence-electron chi connectivity index (χ4n) is 2.36. The Morgan fingerprint density at radius 1 is 1.38 bits per heavy atom. The summed E-state index contributed by atoms with van der Waals surface area (Å²) in [6.45, 7) is 1.41. The summed E-state index contributed by atoms with van der Waals surface area (Å²) in [5, 5.41) is 25.2. The number of aromatic nitrogens is 3. The zero-order valence-corrected chi connectivity index (χ0v) is 14.6. The van der Waals surface area contributed by atoms with Crippen molar-refractivity contribution in [3.05, 3.63) is 46.9 Å². The van der Waals surface area contributed by atoms with Gasteiger partial charge in [-0.15, -0.1) is 0 Å². The van der Waals surface area contributed by atoms with Crippen LogP contribution in [0.25, 0.3) is 11.2 Å². The van der Waals surface area contributed by atoms with Crippen molar-refractivity contribution in [1.29, 1.82) is 5.41 Å². The number of amidine groups is 1. The minimum atomic E-state index is -0.604. The molecule has 2 heterocycles. The third kappa shape index (κ3) is 3.59. The lowest BCUT2D eigenvalue weighted by atomic mass is 10.2. The van der Waals surface area contributed by atoms with E-state index in [9.17, 15) is 9.60 Å². The van der Waals surface area contributed by atoms with Gasteiger partial charge in [0.1, 0.15) is 5.82 Å². The van der Waals surface area contributed by atoms with Crippen LogP contribution in [0.3, 0.4) is 0 Å². The molecule has 0 fully saturated rings. The zero-order chi connectivity index (χ0) is 18.7. The molecule has 0 unspecified atom stereocenters. The van der Waals surface area contributed by atoms with Crippen LogP contribution in [0.2, 0.25) is 5.02 Å². The Morgan fingerprint density at radius 3 is 2.92 bits per heavy atom. The Labute approximate surface area is 153 Å². The van der Waals surface area contributed by atoms with Crippen molar-refractivity contribution in [1.82, 2.24) is 20.3 Å². The molecule has 0 aliphatic rings. The molecule has 0 spiro atoms. The monoisotopic (exact) mass is 377 g/mol. The average molecular weight is 378 g/mol.